The molecule has 2 aliphatic rings. The Hall–Kier alpha value is -0.560. The molecule has 0 radical (unpaired) electrons. The zero-order valence-electron chi connectivity index (χ0n) is 6.71. The highest BCUT2D eigenvalue weighted by atomic mass is 16.3. The Balaban J connectivity index is 2.27. The molecular formula is C10H14O. The van der Waals surface area contributed by atoms with Crippen molar-refractivity contribution in [1.29, 1.82) is 0 Å². The van der Waals surface area contributed by atoms with E-state index in [0.29, 0.717) is 5.92 Å². The van der Waals surface area contributed by atoms with Gasteiger partial charge >= 0.3 is 0 Å². The van der Waals surface area contributed by atoms with Crippen molar-refractivity contribution >= 4 is 0 Å². The van der Waals surface area contributed by atoms with Crippen LogP contribution in [0.2, 0.25) is 0 Å². The molecule has 1 fully saturated rings. The van der Waals surface area contributed by atoms with Crippen molar-refractivity contribution in [2.75, 3.05) is 6.61 Å². The molecule has 0 spiro atoms. The molecule has 11 heavy (non-hydrogen) atoms. The second-order valence-corrected chi connectivity index (χ2v) is 3.42. The Labute approximate surface area is 67.4 Å². The fourth-order valence-electron chi connectivity index (χ4n) is 2.20. The highest BCUT2D eigenvalue weighted by Crippen LogP contribution is 2.37. The third kappa shape index (κ3) is 1.14. The molecule has 0 amide bonds. The number of rotatable bonds is 1. The highest BCUT2D eigenvalue weighted by Gasteiger charge is 2.23. The first kappa shape index (κ1) is 7.11. The predicted molar refractivity (Wildman–Crippen MR) is 45.2 cm³/mol. The Morgan fingerprint density at radius 2 is 2.45 bits per heavy atom. The molecule has 0 saturated heterocycles. The number of hydrogen-bond donors (Lipinski definition) is 1. The van der Waals surface area contributed by atoms with E-state index in [9.17, 15) is 0 Å². The largest absolute Gasteiger partial charge is 0.392 e. The molecule has 2 aliphatic carbocycles. The molecule has 0 aromatic rings. The van der Waals surface area contributed by atoms with Gasteiger partial charge in [0, 0.05) is 0 Å². The summed E-state index contributed by atoms with van der Waals surface area (Å²) in [4.78, 5) is 0. The molecule has 1 unspecified atom stereocenters. The van der Waals surface area contributed by atoms with Crippen LogP contribution in [-0.2, 0) is 0 Å². The molecule has 0 aromatic heterocycles. The number of aliphatic hydroxyl groups excluding tert-OH is 1. The van der Waals surface area contributed by atoms with E-state index in [4.69, 9.17) is 5.11 Å². The lowest BCUT2D eigenvalue weighted by atomic mass is 9.91. The van der Waals surface area contributed by atoms with Gasteiger partial charge in [0.05, 0.1) is 6.61 Å². The van der Waals surface area contributed by atoms with Crippen LogP contribution in [0.1, 0.15) is 25.7 Å². The number of hydrogen-bond acceptors (Lipinski definition) is 1. The molecule has 0 bridgehead atoms. The Morgan fingerprint density at radius 1 is 1.55 bits per heavy atom. The molecule has 1 N–H and O–H groups in total. The maximum absolute atomic E-state index is 9.05. The summed E-state index contributed by atoms with van der Waals surface area (Å²) >= 11 is 0. The van der Waals surface area contributed by atoms with Crippen LogP contribution in [0.25, 0.3) is 0 Å². The molecule has 1 atom stereocenters. The average molecular weight is 150 g/mol. The van der Waals surface area contributed by atoms with Crippen LogP contribution < -0.4 is 0 Å². The van der Waals surface area contributed by atoms with Crippen LogP contribution in [0.3, 0.4) is 0 Å². The summed E-state index contributed by atoms with van der Waals surface area (Å²) in [5.41, 5.74) is 2.82. The Bertz CT molecular complexity index is 213. The van der Waals surface area contributed by atoms with Crippen LogP contribution >= 0.6 is 0 Å². The molecule has 60 valence electrons. The first-order valence-corrected chi connectivity index (χ1v) is 4.40. The molecule has 2 rings (SSSR count). The van der Waals surface area contributed by atoms with Crippen molar-refractivity contribution in [3.8, 4) is 0 Å². The van der Waals surface area contributed by atoms with Gasteiger partial charge in [-0.1, -0.05) is 17.7 Å². The standard InChI is InChI=1S/C10H14O/c11-7-9-5-1-3-8-4-2-6-10(8)9/h1,3,8,11H,2,4-7H2. The second-order valence-electron chi connectivity index (χ2n) is 3.42. The van der Waals surface area contributed by atoms with E-state index < -0.39 is 0 Å². The van der Waals surface area contributed by atoms with Crippen LogP contribution in [0.5, 0.6) is 0 Å². The molecule has 1 saturated carbocycles. The van der Waals surface area contributed by atoms with Crippen molar-refractivity contribution in [2.24, 2.45) is 5.92 Å². The first-order chi connectivity index (χ1) is 5.42. The summed E-state index contributed by atoms with van der Waals surface area (Å²) < 4.78 is 0. The quantitative estimate of drug-likeness (QED) is 0.567. The van der Waals surface area contributed by atoms with E-state index in [1.165, 1.54) is 30.4 Å². The summed E-state index contributed by atoms with van der Waals surface area (Å²) in [5.74, 6) is 0.686. The molecule has 0 heterocycles. The van der Waals surface area contributed by atoms with E-state index in [0.717, 1.165) is 6.42 Å². The van der Waals surface area contributed by atoms with Gasteiger partial charge in [-0.05, 0) is 37.2 Å². The smallest absolute Gasteiger partial charge is 0.0647 e. The lowest BCUT2D eigenvalue weighted by molar-refractivity contribution is 0.325. The number of aliphatic hydroxyl groups is 1. The summed E-state index contributed by atoms with van der Waals surface area (Å²) in [5, 5.41) is 9.05. The normalized spacial score (nSPS) is 29.4. The van der Waals surface area contributed by atoms with Crippen molar-refractivity contribution in [3.63, 3.8) is 0 Å². The predicted octanol–water partition coefficient (Wildman–Crippen LogP) is 2.04. The fourth-order valence-corrected chi connectivity index (χ4v) is 2.20. The van der Waals surface area contributed by atoms with Gasteiger partial charge in [0.2, 0.25) is 0 Å². The summed E-state index contributed by atoms with van der Waals surface area (Å²) in [7, 11) is 0. The van der Waals surface area contributed by atoms with Crippen molar-refractivity contribution in [2.45, 2.75) is 25.7 Å². The average Bonchev–Trinajstić information content (AvgIpc) is 2.50. The minimum atomic E-state index is 0.274. The molecule has 1 heteroatoms. The Morgan fingerprint density at radius 3 is 3.27 bits per heavy atom. The van der Waals surface area contributed by atoms with Gasteiger partial charge in [-0.15, -0.1) is 0 Å². The number of allylic oxidation sites excluding steroid dienone is 3. The monoisotopic (exact) mass is 150 g/mol. The minimum absolute atomic E-state index is 0.274. The number of fused-ring (bicyclic) bond motifs is 1. The third-order valence-electron chi connectivity index (χ3n) is 2.79. The van der Waals surface area contributed by atoms with Crippen LogP contribution in [0.4, 0.5) is 0 Å². The highest BCUT2D eigenvalue weighted by molar-refractivity contribution is 5.30. The molecular weight excluding hydrogens is 136 g/mol. The summed E-state index contributed by atoms with van der Waals surface area (Å²) in [6.07, 6.45) is 9.34. The maximum atomic E-state index is 9.05. The van der Waals surface area contributed by atoms with Crippen LogP contribution in [0, 0.1) is 5.92 Å². The maximum Gasteiger partial charge on any atom is 0.0647 e. The van der Waals surface area contributed by atoms with E-state index in [-0.39, 0.29) is 6.61 Å². The van der Waals surface area contributed by atoms with Gasteiger partial charge in [0.1, 0.15) is 0 Å². The van der Waals surface area contributed by atoms with E-state index in [2.05, 4.69) is 12.2 Å². The summed E-state index contributed by atoms with van der Waals surface area (Å²) in [6, 6.07) is 0. The lowest BCUT2D eigenvalue weighted by Gasteiger charge is -2.16. The van der Waals surface area contributed by atoms with Gasteiger partial charge in [0.25, 0.3) is 0 Å². The second kappa shape index (κ2) is 2.82. The summed E-state index contributed by atoms with van der Waals surface area (Å²) in [6.45, 7) is 0.274. The molecule has 1 nitrogen and oxygen atoms in total. The van der Waals surface area contributed by atoms with E-state index in [1.807, 2.05) is 0 Å². The van der Waals surface area contributed by atoms with Gasteiger partial charge in [-0.25, -0.2) is 0 Å². The topological polar surface area (TPSA) is 20.2 Å². The van der Waals surface area contributed by atoms with E-state index >= 15 is 0 Å². The van der Waals surface area contributed by atoms with Crippen molar-refractivity contribution in [3.05, 3.63) is 23.3 Å². The van der Waals surface area contributed by atoms with Gasteiger partial charge < -0.3 is 5.11 Å². The van der Waals surface area contributed by atoms with Gasteiger partial charge in [-0.2, -0.15) is 0 Å². The molecule has 0 aromatic carbocycles. The zero-order valence-corrected chi connectivity index (χ0v) is 6.71. The fraction of sp³-hybridized carbons (Fsp3) is 0.600. The molecule has 0 aliphatic heterocycles. The SMILES string of the molecule is OCC1=C2CCCC2C=CC1. The first-order valence-electron chi connectivity index (χ1n) is 4.40. The van der Waals surface area contributed by atoms with Crippen LogP contribution in [-0.4, -0.2) is 11.7 Å². The van der Waals surface area contributed by atoms with Gasteiger partial charge in [-0.3, -0.25) is 0 Å². The Kier molecular flexibility index (Phi) is 1.82. The van der Waals surface area contributed by atoms with Crippen molar-refractivity contribution < 1.29 is 5.11 Å². The third-order valence-corrected chi connectivity index (χ3v) is 2.79. The minimum Gasteiger partial charge on any atom is -0.392 e. The van der Waals surface area contributed by atoms with Crippen molar-refractivity contribution in [1.82, 2.24) is 0 Å². The zero-order chi connectivity index (χ0) is 7.68. The van der Waals surface area contributed by atoms with E-state index in [1.54, 1.807) is 0 Å². The van der Waals surface area contributed by atoms with Crippen LogP contribution in [0.15, 0.2) is 23.3 Å². The van der Waals surface area contributed by atoms with Gasteiger partial charge in [0.15, 0.2) is 0 Å². The lowest BCUT2D eigenvalue weighted by Crippen LogP contribution is -2.04.